The zero-order valence-corrected chi connectivity index (χ0v) is 10.5. The largest absolute Gasteiger partial charge is 0.492 e. The predicted octanol–water partition coefficient (Wildman–Crippen LogP) is 2.09. The SMILES string of the molecule is COc1c(-c2cnoc2N)ccc2c1OCCCO2. The molecule has 6 heteroatoms. The minimum absolute atomic E-state index is 0.243. The van der Waals surface area contributed by atoms with Crippen molar-refractivity contribution < 1.29 is 18.7 Å². The van der Waals surface area contributed by atoms with Crippen LogP contribution in [0, 0.1) is 0 Å². The van der Waals surface area contributed by atoms with Gasteiger partial charge in [0.1, 0.15) is 0 Å². The van der Waals surface area contributed by atoms with Crippen LogP contribution in [0.4, 0.5) is 5.88 Å². The quantitative estimate of drug-likeness (QED) is 0.892. The van der Waals surface area contributed by atoms with Crippen LogP contribution in [-0.4, -0.2) is 25.5 Å². The molecule has 0 amide bonds. The van der Waals surface area contributed by atoms with Crippen LogP contribution >= 0.6 is 0 Å². The maximum atomic E-state index is 5.75. The van der Waals surface area contributed by atoms with Gasteiger partial charge < -0.3 is 24.5 Å². The molecule has 0 spiro atoms. The van der Waals surface area contributed by atoms with Gasteiger partial charge in [-0.25, -0.2) is 0 Å². The van der Waals surface area contributed by atoms with Crippen LogP contribution in [0.3, 0.4) is 0 Å². The van der Waals surface area contributed by atoms with Crippen LogP contribution in [-0.2, 0) is 0 Å². The van der Waals surface area contributed by atoms with Gasteiger partial charge in [0.15, 0.2) is 11.5 Å². The van der Waals surface area contributed by atoms with E-state index < -0.39 is 0 Å². The van der Waals surface area contributed by atoms with E-state index in [-0.39, 0.29) is 5.88 Å². The third-order valence-corrected chi connectivity index (χ3v) is 2.96. The van der Waals surface area contributed by atoms with E-state index in [2.05, 4.69) is 5.16 Å². The zero-order valence-electron chi connectivity index (χ0n) is 10.5. The topological polar surface area (TPSA) is 79.7 Å². The van der Waals surface area contributed by atoms with Gasteiger partial charge in [-0.3, -0.25) is 0 Å². The monoisotopic (exact) mass is 262 g/mol. The van der Waals surface area contributed by atoms with Crippen molar-refractivity contribution in [2.75, 3.05) is 26.1 Å². The van der Waals surface area contributed by atoms with Crippen molar-refractivity contribution in [3.63, 3.8) is 0 Å². The fourth-order valence-corrected chi connectivity index (χ4v) is 2.08. The summed E-state index contributed by atoms with van der Waals surface area (Å²) in [4.78, 5) is 0. The van der Waals surface area contributed by atoms with Gasteiger partial charge in [-0.05, 0) is 12.1 Å². The number of methoxy groups -OCH3 is 1. The number of nitrogens with zero attached hydrogens (tertiary/aromatic N) is 1. The molecule has 1 aromatic carbocycles. The number of ether oxygens (including phenoxy) is 3. The van der Waals surface area contributed by atoms with Crippen LogP contribution in [0.5, 0.6) is 17.2 Å². The minimum atomic E-state index is 0.243. The molecule has 19 heavy (non-hydrogen) atoms. The molecule has 1 aliphatic heterocycles. The summed E-state index contributed by atoms with van der Waals surface area (Å²) in [5, 5.41) is 3.68. The third kappa shape index (κ3) is 1.95. The highest BCUT2D eigenvalue weighted by Crippen LogP contribution is 2.46. The highest BCUT2D eigenvalue weighted by Gasteiger charge is 2.22. The highest BCUT2D eigenvalue weighted by atomic mass is 16.5. The Balaban J connectivity index is 2.16. The summed E-state index contributed by atoms with van der Waals surface area (Å²) in [7, 11) is 1.58. The molecule has 0 unspecified atom stereocenters. The molecule has 0 radical (unpaired) electrons. The van der Waals surface area contributed by atoms with E-state index in [0.29, 0.717) is 36.0 Å². The maximum absolute atomic E-state index is 5.75. The minimum Gasteiger partial charge on any atom is -0.492 e. The van der Waals surface area contributed by atoms with Gasteiger partial charge in [0.25, 0.3) is 0 Å². The van der Waals surface area contributed by atoms with Gasteiger partial charge in [0.2, 0.25) is 11.6 Å². The first-order chi connectivity index (χ1) is 9.31. The van der Waals surface area contributed by atoms with Crippen LogP contribution in [0.2, 0.25) is 0 Å². The lowest BCUT2D eigenvalue weighted by Gasteiger charge is -2.14. The summed E-state index contributed by atoms with van der Waals surface area (Å²) in [6, 6.07) is 3.69. The molecule has 1 aromatic heterocycles. The van der Waals surface area contributed by atoms with E-state index in [1.54, 1.807) is 13.3 Å². The zero-order chi connectivity index (χ0) is 13.2. The number of anilines is 1. The Hall–Kier alpha value is -2.37. The fourth-order valence-electron chi connectivity index (χ4n) is 2.08. The first-order valence-corrected chi connectivity index (χ1v) is 5.98. The average Bonchev–Trinajstić information content (AvgIpc) is 2.71. The normalized spacial score (nSPS) is 13.9. The molecule has 3 rings (SSSR count). The Morgan fingerprint density at radius 2 is 2.05 bits per heavy atom. The van der Waals surface area contributed by atoms with Gasteiger partial charge in [0, 0.05) is 12.0 Å². The molecule has 6 nitrogen and oxygen atoms in total. The van der Waals surface area contributed by atoms with Crippen molar-refractivity contribution in [2.45, 2.75) is 6.42 Å². The summed E-state index contributed by atoms with van der Waals surface area (Å²) >= 11 is 0. The van der Waals surface area contributed by atoms with E-state index in [1.165, 1.54) is 0 Å². The number of nitrogens with two attached hydrogens (primary N) is 1. The molecule has 2 aromatic rings. The lowest BCUT2D eigenvalue weighted by Crippen LogP contribution is -1.99. The Morgan fingerprint density at radius 3 is 2.79 bits per heavy atom. The summed E-state index contributed by atoms with van der Waals surface area (Å²) in [5.74, 6) is 2.09. The fraction of sp³-hybridized carbons (Fsp3) is 0.308. The molecule has 2 heterocycles. The summed E-state index contributed by atoms with van der Waals surface area (Å²) in [5.41, 5.74) is 7.19. The van der Waals surface area contributed by atoms with E-state index in [4.69, 9.17) is 24.5 Å². The third-order valence-electron chi connectivity index (χ3n) is 2.96. The molecule has 2 N–H and O–H groups in total. The standard InChI is InChI=1S/C13H14N2O4/c1-16-11-8(9-7-15-19-13(9)14)3-4-10-12(11)18-6-2-5-17-10/h3-4,7H,2,5-6,14H2,1H3. The molecule has 1 aliphatic rings. The molecule has 0 bridgehead atoms. The van der Waals surface area contributed by atoms with Crippen LogP contribution in [0.1, 0.15) is 6.42 Å². The Morgan fingerprint density at radius 1 is 1.21 bits per heavy atom. The number of hydrogen-bond donors (Lipinski definition) is 1. The van der Waals surface area contributed by atoms with E-state index in [0.717, 1.165) is 12.0 Å². The van der Waals surface area contributed by atoms with E-state index in [1.807, 2.05) is 12.1 Å². The van der Waals surface area contributed by atoms with Crippen molar-refractivity contribution in [3.05, 3.63) is 18.3 Å². The highest BCUT2D eigenvalue weighted by molar-refractivity contribution is 5.81. The van der Waals surface area contributed by atoms with Crippen molar-refractivity contribution in [2.24, 2.45) is 0 Å². The van der Waals surface area contributed by atoms with Crippen molar-refractivity contribution in [1.82, 2.24) is 5.16 Å². The van der Waals surface area contributed by atoms with Gasteiger partial charge >= 0.3 is 0 Å². The molecule has 0 atom stereocenters. The Kier molecular flexibility index (Phi) is 2.91. The predicted molar refractivity (Wildman–Crippen MR) is 68.5 cm³/mol. The van der Waals surface area contributed by atoms with Crippen LogP contribution in [0.15, 0.2) is 22.9 Å². The maximum Gasteiger partial charge on any atom is 0.230 e. The van der Waals surface area contributed by atoms with Gasteiger partial charge in [0.05, 0.1) is 32.1 Å². The molecule has 100 valence electrons. The average molecular weight is 262 g/mol. The van der Waals surface area contributed by atoms with Crippen molar-refractivity contribution >= 4 is 5.88 Å². The number of benzene rings is 1. The number of rotatable bonds is 2. The van der Waals surface area contributed by atoms with Gasteiger partial charge in [-0.2, -0.15) is 0 Å². The van der Waals surface area contributed by atoms with Crippen molar-refractivity contribution in [3.8, 4) is 28.4 Å². The second kappa shape index (κ2) is 4.72. The lowest BCUT2D eigenvalue weighted by molar-refractivity contribution is 0.289. The number of nitrogen functional groups attached to an aromatic ring is 1. The Bertz CT molecular complexity index is 594. The van der Waals surface area contributed by atoms with Crippen molar-refractivity contribution in [1.29, 1.82) is 0 Å². The number of fused-ring (bicyclic) bond motifs is 1. The van der Waals surface area contributed by atoms with Crippen LogP contribution < -0.4 is 19.9 Å². The molecule has 0 saturated carbocycles. The van der Waals surface area contributed by atoms with Crippen LogP contribution in [0.25, 0.3) is 11.1 Å². The first kappa shape index (κ1) is 11.7. The molecule has 0 saturated heterocycles. The van der Waals surface area contributed by atoms with E-state index >= 15 is 0 Å². The lowest BCUT2D eigenvalue weighted by atomic mass is 10.1. The summed E-state index contributed by atoms with van der Waals surface area (Å²) in [6.45, 7) is 1.22. The summed E-state index contributed by atoms with van der Waals surface area (Å²) in [6.07, 6.45) is 2.39. The van der Waals surface area contributed by atoms with Gasteiger partial charge in [-0.1, -0.05) is 5.16 Å². The number of aromatic nitrogens is 1. The van der Waals surface area contributed by atoms with Gasteiger partial charge in [-0.15, -0.1) is 0 Å². The Labute approximate surface area is 110 Å². The smallest absolute Gasteiger partial charge is 0.230 e. The molecular weight excluding hydrogens is 248 g/mol. The number of hydrogen-bond acceptors (Lipinski definition) is 6. The molecule has 0 aliphatic carbocycles. The second-order valence-corrected chi connectivity index (χ2v) is 4.13. The second-order valence-electron chi connectivity index (χ2n) is 4.13. The first-order valence-electron chi connectivity index (χ1n) is 5.98. The molecular formula is C13H14N2O4. The summed E-state index contributed by atoms with van der Waals surface area (Å²) < 4.78 is 21.7. The van der Waals surface area contributed by atoms with E-state index in [9.17, 15) is 0 Å². The molecule has 0 fully saturated rings.